The first-order valence-corrected chi connectivity index (χ1v) is 13.7. The number of rotatable bonds is 9. The zero-order chi connectivity index (χ0) is 28.6. The van der Waals surface area contributed by atoms with Gasteiger partial charge in [0.15, 0.2) is 17.1 Å². The number of anilines is 2. The van der Waals surface area contributed by atoms with E-state index in [0.717, 1.165) is 31.2 Å². The van der Waals surface area contributed by atoms with E-state index in [1.807, 2.05) is 54.6 Å². The number of esters is 1. The van der Waals surface area contributed by atoms with Crippen LogP contribution in [-0.4, -0.2) is 65.7 Å². The molecule has 0 radical (unpaired) electrons. The van der Waals surface area contributed by atoms with Gasteiger partial charge in [0.05, 0.1) is 6.54 Å². The van der Waals surface area contributed by atoms with Crippen LogP contribution in [0.2, 0.25) is 0 Å². The first-order chi connectivity index (χ1) is 19.2. The van der Waals surface area contributed by atoms with Crippen LogP contribution in [0.4, 0.5) is 16.2 Å². The third-order valence-corrected chi connectivity index (χ3v) is 7.23. The van der Waals surface area contributed by atoms with Gasteiger partial charge in [0, 0.05) is 44.9 Å². The largest absolute Gasteiger partial charge is 0.424 e. The van der Waals surface area contributed by atoms with Gasteiger partial charge >= 0.3 is 12.0 Å². The molecule has 1 atom stereocenters. The standard InChI is InChI=1S/C29H35ClN6O4/c1-19(37)40-26-27(30)36(3)24(34-28(26)35(2)18-25(38)31-21-11-7-8-12-21)17-20-13-15-23(16-14-20)33-29(39)32-22-9-5-4-6-10-22/h4-6,9-10,13-16,21,27H,7-8,11-12,17-18H2,1-3H3,(H,31,38)(H2,32,33,39). The van der Waals surface area contributed by atoms with E-state index in [2.05, 4.69) is 16.0 Å². The lowest BCUT2D eigenvalue weighted by Gasteiger charge is -2.35. The minimum absolute atomic E-state index is 0.0477. The lowest BCUT2D eigenvalue weighted by Crippen LogP contribution is -2.44. The second-order valence-corrected chi connectivity index (χ2v) is 10.4. The van der Waals surface area contributed by atoms with Gasteiger partial charge in [0.25, 0.3) is 0 Å². The van der Waals surface area contributed by atoms with Gasteiger partial charge in [-0.25, -0.2) is 9.79 Å². The average molecular weight is 567 g/mol. The van der Waals surface area contributed by atoms with Crippen LogP contribution in [0, 0.1) is 0 Å². The Morgan fingerprint density at radius 3 is 2.27 bits per heavy atom. The van der Waals surface area contributed by atoms with E-state index in [-0.39, 0.29) is 30.3 Å². The van der Waals surface area contributed by atoms with Crippen LogP contribution in [0.15, 0.2) is 71.2 Å². The Hall–Kier alpha value is -4.05. The number of amidine groups is 1. The molecule has 2 aromatic carbocycles. The smallest absolute Gasteiger partial charge is 0.323 e. The molecule has 2 aromatic rings. The SMILES string of the molecule is CC(=O)OC1=C(N(C)CC(=O)NC2CCCC2)N=C(Cc2ccc(NC(=O)Nc3ccccc3)cc2)N(C)C1Cl. The molecule has 0 spiro atoms. The summed E-state index contributed by atoms with van der Waals surface area (Å²) in [6, 6.07) is 16.4. The summed E-state index contributed by atoms with van der Waals surface area (Å²) in [5, 5.41) is 8.67. The Bertz CT molecular complexity index is 1280. The van der Waals surface area contributed by atoms with E-state index in [4.69, 9.17) is 21.3 Å². The third kappa shape index (κ3) is 7.75. The summed E-state index contributed by atoms with van der Waals surface area (Å²) in [5.41, 5.74) is 1.47. The van der Waals surface area contributed by atoms with Gasteiger partial charge in [-0.1, -0.05) is 54.8 Å². The molecule has 1 heterocycles. The molecule has 1 saturated carbocycles. The molecule has 1 unspecified atom stereocenters. The number of carbonyl (C=O) groups is 3. The van der Waals surface area contributed by atoms with Crippen LogP contribution in [0.1, 0.15) is 38.2 Å². The van der Waals surface area contributed by atoms with Crippen molar-refractivity contribution in [1.82, 2.24) is 15.1 Å². The number of hydrogen-bond acceptors (Lipinski definition) is 7. The maximum atomic E-state index is 12.7. The number of para-hydroxylation sites is 1. The number of amides is 3. The van der Waals surface area contributed by atoms with Crippen molar-refractivity contribution in [1.29, 1.82) is 0 Å². The Balaban J connectivity index is 1.46. The molecule has 0 aromatic heterocycles. The van der Waals surface area contributed by atoms with Gasteiger partial charge in [0.2, 0.25) is 5.91 Å². The number of benzene rings is 2. The first kappa shape index (κ1) is 28.9. The lowest BCUT2D eigenvalue weighted by molar-refractivity contribution is -0.137. The quantitative estimate of drug-likeness (QED) is 0.234. The number of ether oxygens (including phenoxy) is 1. The van der Waals surface area contributed by atoms with E-state index < -0.39 is 11.5 Å². The molecular formula is C29H35ClN6O4. The minimum atomic E-state index is -0.797. The van der Waals surface area contributed by atoms with Crippen molar-refractivity contribution in [3.8, 4) is 0 Å². The highest BCUT2D eigenvalue weighted by atomic mass is 35.5. The van der Waals surface area contributed by atoms with Crippen molar-refractivity contribution < 1.29 is 19.1 Å². The van der Waals surface area contributed by atoms with E-state index in [1.54, 1.807) is 23.9 Å². The number of carbonyl (C=O) groups excluding carboxylic acids is 3. The minimum Gasteiger partial charge on any atom is -0.424 e. The maximum absolute atomic E-state index is 12.7. The van der Waals surface area contributed by atoms with E-state index >= 15 is 0 Å². The van der Waals surface area contributed by atoms with Crippen LogP contribution in [0.25, 0.3) is 0 Å². The van der Waals surface area contributed by atoms with Crippen LogP contribution < -0.4 is 16.0 Å². The zero-order valence-corrected chi connectivity index (χ0v) is 23.7. The molecule has 3 N–H and O–H groups in total. The summed E-state index contributed by atoms with van der Waals surface area (Å²) in [5.74, 6) is 0.511. The van der Waals surface area contributed by atoms with Crippen LogP contribution in [-0.2, 0) is 20.7 Å². The first-order valence-electron chi connectivity index (χ1n) is 13.3. The van der Waals surface area contributed by atoms with Gasteiger partial charge in [-0.2, -0.15) is 0 Å². The molecule has 1 aliphatic heterocycles. The molecule has 40 heavy (non-hydrogen) atoms. The van der Waals surface area contributed by atoms with Crippen molar-refractivity contribution in [2.24, 2.45) is 4.99 Å². The summed E-state index contributed by atoms with van der Waals surface area (Å²) < 4.78 is 5.46. The lowest BCUT2D eigenvalue weighted by atomic mass is 10.1. The Morgan fingerprint density at radius 2 is 1.65 bits per heavy atom. The number of likely N-dealkylation sites (N-methyl/N-ethyl adjacent to an activating group) is 2. The third-order valence-electron chi connectivity index (χ3n) is 6.74. The second-order valence-electron chi connectivity index (χ2n) is 9.98. The second kappa shape index (κ2) is 13.3. The van der Waals surface area contributed by atoms with Crippen LogP contribution in [0.5, 0.6) is 0 Å². The molecule has 1 aliphatic carbocycles. The number of aliphatic imine (C=N–C) groups is 1. The average Bonchev–Trinajstić information content (AvgIpc) is 3.42. The number of halogens is 1. The van der Waals surface area contributed by atoms with Crippen molar-refractivity contribution in [3.63, 3.8) is 0 Å². The van der Waals surface area contributed by atoms with Crippen molar-refractivity contribution in [3.05, 3.63) is 71.7 Å². The van der Waals surface area contributed by atoms with Crippen molar-refractivity contribution in [2.45, 2.75) is 50.6 Å². The summed E-state index contributed by atoms with van der Waals surface area (Å²) in [4.78, 5) is 45.0. The van der Waals surface area contributed by atoms with Crippen molar-refractivity contribution in [2.75, 3.05) is 31.3 Å². The predicted octanol–water partition coefficient (Wildman–Crippen LogP) is 4.50. The molecule has 11 heteroatoms. The number of nitrogens with zero attached hydrogens (tertiary/aromatic N) is 3. The van der Waals surface area contributed by atoms with E-state index in [0.29, 0.717) is 29.5 Å². The molecule has 212 valence electrons. The number of alkyl halides is 1. The molecule has 0 bridgehead atoms. The molecule has 0 saturated heterocycles. The Labute approximate surface area is 239 Å². The van der Waals surface area contributed by atoms with E-state index in [1.165, 1.54) is 6.92 Å². The molecule has 10 nitrogen and oxygen atoms in total. The fourth-order valence-electron chi connectivity index (χ4n) is 4.69. The topological polar surface area (TPSA) is 115 Å². The highest BCUT2D eigenvalue weighted by Gasteiger charge is 2.33. The summed E-state index contributed by atoms with van der Waals surface area (Å²) >= 11 is 6.73. The fraction of sp³-hybridized carbons (Fsp3) is 0.379. The van der Waals surface area contributed by atoms with Gasteiger partial charge < -0.3 is 30.5 Å². The molecule has 2 aliphatic rings. The molecular weight excluding hydrogens is 532 g/mol. The fourth-order valence-corrected chi connectivity index (χ4v) is 4.95. The maximum Gasteiger partial charge on any atom is 0.323 e. The summed E-state index contributed by atoms with van der Waals surface area (Å²) in [7, 11) is 3.50. The Kier molecular flexibility index (Phi) is 9.65. The zero-order valence-electron chi connectivity index (χ0n) is 22.9. The van der Waals surface area contributed by atoms with Crippen LogP contribution in [0.3, 0.4) is 0 Å². The van der Waals surface area contributed by atoms with Gasteiger partial charge in [-0.05, 0) is 42.7 Å². The molecule has 4 rings (SSSR count). The molecule has 1 fully saturated rings. The Morgan fingerprint density at radius 1 is 1.02 bits per heavy atom. The van der Waals surface area contributed by atoms with Crippen LogP contribution >= 0.6 is 11.6 Å². The summed E-state index contributed by atoms with van der Waals surface area (Å²) in [6.45, 7) is 1.35. The van der Waals surface area contributed by atoms with Crippen molar-refractivity contribution >= 4 is 46.7 Å². The highest BCUT2D eigenvalue weighted by molar-refractivity contribution is 6.23. The number of nitrogens with one attached hydrogen (secondary N) is 3. The number of urea groups is 1. The van der Waals surface area contributed by atoms with Gasteiger partial charge in [0.1, 0.15) is 5.84 Å². The van der Waals surface area contributed by atoms with Gasteiger partial charge in [-0.15, -0.1) is 0 Å². The molecule has 3 amide bonds. The highest BCUT2D eigenvalue weighted by Crippen LogP contribution is 2.28. The number of hydrogen-bond donors (Lipinski definition) is 3. The monoisotopic (exact) mass is 566 g/mol. The summed E-state index contributed by atoms with van der Waals surface area (Å²) in [6.07, 6.45) is 4.64. The predicted molar refractivity (Wildman–Crippen MR) is 156 cm³/mol. The normalized spacial score (nSPS) is 17.2. The van der Waals surface area contributed by atoms with Gasteiger partial charge in [-0.3, -0.25) is 9.59 Å². The van der Waals surface area contributed by atoms with E-state index in [9.17, 15) is 14.4 Å².